The average molecular weight is 197 g/mol. The van der Waals surface area contributed by atoms with Crippen molar-refractivity contribution in [2.24, 2.45) is 0 Å². The van der Waals surface area contributed by atoms with Gasteiger partial charge in [-0.25, -0.2) is 4.79 Å². The van der Waals surface area contributed by atoms with Crippen molar-refractivity contribution in [3.05, 3.63) is 12.8 Å². The lowest BCUT2D eigenvalue weighted by Gasteiger charge is -2.20. The SMILES string of the molecule is C=CN1CC(C)(CCCCC)OC1=O. The zero-order valence-electron chi connectivity index (χ0n) is 9.08. The molecule has 0 aromatic heterocycles. The Morgan fingerprint density at radius 3 is 2.86 bits per heavy atom. The quantitative estimate of drug-likeness (QED) is 0.634. The van der Waals surface area contributed by atoms with Crippen molar-refractivity contribution in [2.45, 2.75) is 45.1 Å². The maximum absolute atomic E-state index is 11.3. The number of amides is 1. The van der Waals surface area contributed by atoms with E-state index in [0.29, 0.717) is 6.54 Å². The van der Waals surface area contributed by atoms with Crippen LogP contribution in [-0.2, 0) is 4.74 Å². The van der Waals surface area contributed by atoms with Crippen LogP contribution < -0.4 is 0 Å². The Morgan fingerprint density at radius 1 is 1.64 bits per heavy atom. The van der Waals surface area contributed by atoms with Crippen LogP contribution in [0, 0.1) is 0 Å². The number of nitrogens with zero attached hydrogens (tertiary/aromatic N) is 1. The van der Waals surface area contributed by atoms with Crippen molar-refractivity contribution in [3.63, 3.8) is 0 Å². The summed E-state index contributed by atoms with van der Waals surface area (Å²) in [5.74, 6) is 0. The second-order valence-corrected chi connectivity index (χ2v) is 4.09. The molecule has 0 bridgehead atoms. The fourth-order valence-corrected chi connectivity index (χ4v) is 1.74. The van der Waals surface area contributed by atoms with Crippen LogP contribution in [0.1, 0.15) is 39.5 Å². The van der Waals surface area contributed by atoms with Crippen LogP contribution in [0.4, 0.5) is 4.79 Å². The highest BCUT2D eigenvalue weighted by molar-refractivity contribution is 5.71. The van der Waals surface area contributed by atoms with E-state index in [1.54, 1.807) is 0 Å². The number of rotatable bonds is 5. The molecule has 1 amide bonds. The lowest BCUT2D eigenvalue weighted by molar-refractivity contribution is 0.0629. The van der Waals surface area contributed by atoms with Crippen molar-refractivity contribution < 1.29 is 9.53 Å². The van der Waals surface area contributed by atoms with Gasteiger partial charge in [0.15, 0.2) is 0 Å². The molecule has 0 aliphatic carbocycles. The van der Waals surface area contributed by atoms with Crippen LogP contribution in [0.3, 0.4) is 0 Å². The number of carbonyl (C=O) groups excluding carboxylic acids is 1. The van der Waals surface area contributed by atoms with Crippen LogP contribution in [0.15, 0.2) is 12.8 Å². The normalized spacial score (nSPS) is 26.4. The van der Waals surface area contributed by atoms with Gasteiger partial charge in [-0.2, -0.15) is 0 Å². The molecule has 1 saturated heterocycles. The third-order valence-corrected chi connectivity index (χ3v) is 2.60. The summed E-state index contributed by atoms with van der Waals surface area (Å²) in [6, 6.07) is 0. The smallest absolute Gasteiger partial charge is 0.414 e. The van der Waals surface area contributed by atoms with Gasteiger partial charge in [0, 0.05) is 6.20 Å². The number of unbranched alkanes of at least 4 members (excludes halogenated alkanes) is 2. The van der Waals surface area contributed by atoms with Crippen LogP contribution in [0.25, 0.3) is 0 Å². The van der Waals surface area contributed by atoms with E-state index < -0.39 is 0 Å². The number of ether oxygens (including phenoxy) is 1. The molecule has 1 atom stereocenters. The first kappa shape index (κ1) is 11.1. The molecular formula is C11H19NO2. The summed E-state index contributed by atoms with van der Waals surface area (Å²) in [6.45, 7) is 8.37. The molecule has 0 saturated carbocycles. The Balaban J connectivity index is 2.43. The van der Waals surface area contributed by atoms with Gasteiger partial charge in [-0.1, -0.05) is 26.3 Å². The molecule has 0 aromatic carbocycles. The predicted octanol–water partition coefficient (Wildman–Crippen LogP) is 2.92. The van der Waals surface area contributed by atoms with Crippen molar-refractivity contribution in [3.8, 4) is 0 Å². The lowest BCUT2D eigenvalue weighted by atomic mass is 9.98. The van der Waals surface area contributed by atoms with E-state index in [-0.39, 0.29) is 11.7 Å². The summed E-state index contributed by atoms with van der Waals surface area (Å²) in [7, 11) is 0. The number of hydrogen-bond acceptors (Lipinski definition) is 2. The Hall–Kier alpha value is -0.990. The van der Waals surface area contributed by atoms with E-state index in [0.717, 1.165) is 12.8 Å². The van der Waals surface area contributed by atoms with E-state index in [1.165, 1.54) is 23.9 Å². The molecule has 0 N–H and O–H groups in total. The third-order valence-electron chi connectivity index (χ3n) is 2.60. The van der Waals surface area contributed by atoms with Gasteiger partial charge in [-0.05, 0) is 19.8 Å². The fraction of sp³-hybridized carbons (Fsp3) is 0.727. The monoisotopic (exact) mass is 197 g/mol. The van der Waals surface area contributed by atoms with Crippen molar-refractivity contribution in [2.75, 3.05) is 6.54 Å². The van der Waals surface area contributed by atoms with Gasteiger partial charge in [0.2, 0.25) is 0 Å². The second kappa shape index (κ2) is 4.49. The zero-order chi connectivity index (χ0) is 10.6. The van der Waals surface area contributed by atoms with E-state index >= 15 is 0 Å². The summed E-state index contributed by atoms with van der Waals surface area (Å²) in [5, 5.41) is 0. The predicted molar refractivity (Wildman–Crippen MR) is 55.9 cm³/mol. The Labute approximate surface area is 85.7 Å². The maximum atomic E-state index is 11.3. The molecule has 1 aliphatic heterocycles. The van der Waals surface area contributed by atoms with E-state index in [9.17, 15) is 4.79 Å². The molecule has 0 aromatic rings. The summed E-state index contributed by atoms with van der Waals surface area (Å²) in [4.78, 5) is 12.8. The van der Waals surface area contributed by atoms with Gasteiger partial charge in [-0.3, -0.25) is 4.90 Å². The maximum Gasteiger partial charge on any atom is 0.414 e. The number of cyclic esters (lactones) is 1. The van der Waals surface area contributed by atoms with Crippen molar-refractivity contribution in [1.82, 2.24) is 4.90 Å². The average Bonchev–Trinajstić information content (AvgIpc) is 2.42. The molecule has 1 fully saturated rings. The van der Waals surface area contributed by atoms with Gasteiger partial charge in [0.1, 0.15) is 5.60 Å². The number of carbonyl (C=O) groups is 1. The van der Waals surface area contributed by atoms with Gasteiger partial charge in [-0.15, -0.1) is 0 Å². The van der Waals surface area contributed by atoms with Crippen molar-refractivity contribution in [1.29, 1.82) is 0 Å². The van der Waals surface area contributed by atoms with Gasteiger partial charge in [0.05, 0.1) is 6.54 Å². The molecule has 0 spiro atoms. The largest absolute Gasteiger partial charge is 0.441 e. The molecule has 14 heavy (non-hydrogen) atoms. The van der Waals surface area contributed by atoms with Crippen molar-refractivity contribution >= 4 is 6.09 Å². The Morgan fingerprint density at radius 2 is 2.36 bits per heavy atom. The van der Waals surface area contributed by atoms with E-state index in [1.807, 2.05) is 6.92 Å². The van der Waals surface area contributed by atoms with Crippen LogP contribution in [-0.4, -0.2) is 23.1 Å². The van der Waals surface area contributed by atoms with Gasteiger partial charge in [0.25, 0.3) is 0 Å². The van der Waals surface area contributed by atoms with E-state index in [2.05, 4.69) is 13.5 Å². The third kappa shape index (κ3) is 2.50. The Bertz CT molecular complexity index is 227. The highest BCUT2D eigenvalue weighted by Gasteiger charge is 2.39. The lowest BCUT2D eigenvalue weighted by Crippen LogP contribution is -2.29. The highest BCUT2D eigenvalue weighted by atomic mass is 16.6. The van der Waals surface area contributed by atoms with E-state index in [4.69, 9.17) is 4.74 Å². The molecule has 1 heterocycles. The summed E-state index contributed by atoms with van der Waals surface area (Å²) in [6.07, 6.45) is 5.71. The minimum absolute atomic E-state index is 0.265. The van der Waals surface area contributed by atoms with Crippen LogP contribution >= 0.6 is 0 Å². The molecule has 3 nitrogen and oxygen atoms in total. The summed E-state index contributed by atoms with van der Waals surface area (Å²) < 4.78 is 5.31. The van der Waals surface area contributed by atoms with Gasteiger partial charge < -0.3 is 4.74 Å². The summed E-state index contributed by atoms with van der Waals surface area (Å²) in [5.41, 5.74) is -0.305. The first-order valence-corrected chi connectivity index (χ1v) is 5.23. The topological polar surface area (TPSA) is 29.5 Å². The highest BCUT2D eigenvalue weighted by Crippen LogP contribution is 2.27. The minimum atomic E-state index is -0.305. The number of hydrogen-bond donors (Lipinski definition) is 0. The second-order valence-electron chi connectivity index (χ2n) is 4.09. The van der Waals surface area contributed by atoms with Crippen LogP contribution in [0.5, 0.6) is 0 Å². The summed E-state index contributed by atoms with van der Waals surface area (Å²) >= 11 is 0. The molecule has 3 heteroatoms. The molecule has 1 rings (SSSR count). The standard InChI is InChI=1S/C11H19NO2/c1-4-6-7-8-11(3)9-12(5-2)10(13)14-11/h5H,2,4,6-9H2,1,3H3. The first-order valence-electron chi connectivity index (χ1n) is 5.23. The fourth-order valence-electron chi connectivity index (χ4n) is 1.74. The minimum Gasteiger partial charge on any atom is -0.441 e. The molecular weight excluding hydrogens is 178 g/mol. The first-order chi connectivity index (χ1) is 6.61. The van der Waals surface area contributed by atoms with Gasteiger partial charge >= 0.3 is 6.09 Å². The molecule has 1 aliphatic rings. The molecule has 0 radical (unpaired) electrons. The zero-order valence-corrected chi connectivity index (χ0v) is 9.08. The molecule has 1 unspecified atom stereocenters. The molecule has 80 valence electrons. The Kier molecular flexibility index (Phi) is 3.55. The van der Waals surface area contributed by atoms with Crippen LogP contribution in [0.2, 0.25) is 0 Å².